The summed E-state index contributed by atoms with van der Waals surface area (Å²) in [6.07, 6.45) is 0. The molecule has 94 valence electrons. The van der Waals surface area contributed by atoms with Crippen LogP contribution in [0.15, 0.2) is 18.2 Å². The van der Waals surface area contributed by atoms with Crippen LogP contribution in [-0.2, 0) is 0 Å². The lowest BCUT2D eigenvalue weighted by atomic mass is 10.0. The maximum absolute atomic E-state index is 9.60. The molecule has 0 aromatic heterocycles. The van der Waals surface area contributed by atoms with Crippen molar-refractivity contribution < 1.29 is 5.11 Å². The molecule has 17 heavy (non-hydrogen) atoms. The molecule has 4 heteroatoms. The first-order valence-electron chi connectivity index (χ1n) is 6.04. The van der Waals surface area contributed by atoms with Gasteiger partial charge in [0.25, 0.3) is 0 Å². The molecule has 2 N–H and O–H groups in total. The van der Waals surface area contributed by atoms with Gasteiger partial charge in [0.05, 0.1) is 12.6 Å². The Balaban J connectivity index is 2.18. The van der Waals surface area contributed by atoms with Crippen molar-refractivity contribution in [1.82, 2.24) is 10.2 Å². The van der Waals surface area contributed by atoms with Crippen molar-refractivity contribution >= 4 is 11.6 Å². The lowest BCUT2D eigenvalue weighted by Gasteiger charge is -2.34. The highest BCUT2D eigenvalue weighted by Crippen LogP contribution is 2.24. The van der Waals surface area contributed by atoms with E-state index in [4.69, 9.17) is 11.6 Å². The Kier molecular flexibility index (Phi) is 4.40. The molecule has 1 saturated heterocycles. The molecule has 0 saturated carbocycles. The molecule has 0 unspecified atom stereocenters. The van der Waals surface area contributed by atoms with Gasteiger partial charge in [0.1, 0.15) is 0 Å². The molecule has 3 nitrogen and oxygen atoms in total. The third kappa shape index (κ3) is 2.99. The maximum Gasteiger partial charge on any atom is 0.0628 e. The molecule has 1 aliphatic rings. The van der Waals surface area contributed by atoms with Gasteiger partial charge in [-0.1, -0.05) is 23.7 Å². The summed E-state index contributed by atoms with van der Waals surface area (Å²) in [7, 11) is 0. The van der Waals surface area contributed by atoms with Crippen molar-refractivity contribution in [3.8, 4) is 0 Å². The first-order valence-corrected chi connectivity index (χ1v) is 6.42. The van der Waals surface area contributed by atoms with Gasteiger partial charge in [0, 0.05) is 31.2 Å². The molecule has 1 heterocycles. The average Bonchev–Trinajstić information content (AvgIpc) is 2.36. The predicted molar refractivity (Wildman–Crippen MR) is 70.5 cm³/mol. The Bertz CT molecular complexity index is 378. The second-order valence-corrected chi connectivity index (χ2v) is 4.90. The number of hydrogen-bond acceptors (Lipinski definition) is 3. The number of piperazine rings is 1. The zero-order valence-electron chi connectivity index (χ0n) is 10.1. The number of nitrogens with zero attached hydrogens (tertiary/aromatic N) is 1. The summed E-state index contributed by atoms with van der Waals surface area (Å²) in [6, 6.07) is 6.09. The number of benzene rings is 1. The fourth-order valence-electron chi connectivity index (χ4n) is 2.30. The van der Waals surface area contributed by atoms with Crippen LogP contribution in [0.2, 0.25) is 5.02 Å². The quantitative estimate of drug-likeness (QED) is 0.860. The van der Waals surface area contributed by atoms with Crippen LogP contribution in [0.25, 0.3) is 0 Å². The standard InChI is InChI=1S/C13H19ClN2O/c1-10-8-11(2-3-12(10)14)13(9-17)16-6-4-15-5-7-16/h2-3,8,13,15,17H,4-7,9H2,1H3/t13-/m1/s1. The minimum absolute atomic E-state index is 0.0908. The average molecular weight is 255 g/mol. The largest absolute Gasteiger partial charge is 0.394 e. The van der Waals surface area contributed by atoms with Crippen LogP contribution in [-0.4, -0.2) is 42.8 Å². The van der Waals surface area contributed by atoms with Crippen molar-refractivity contribution in [2.24, 2.45) is 0 Å². The highest BCUT2D eigenvalue weighted by atomic mass is 35.5. The normalized spacial score (nSPS) is 19.2. The summed E-state index contributed by atoms with van der Waals surface area (Å²) in [6.45, 7) is 6.09. The molecule has 0 radical (unpaired) electrons. The summed E-state index contributed by atoms with van der Waals surface area (Å²) in [5.41, 5.74) is 2.22. The Labute approximate surface area is 107 Å². The Morgan fingerprint density at radius 3 is 2.71 bits per heavy atom. The molecule has 1 aliphatic heterocycles. The zero-order chi connectivity index (χ0) is 12.3. The van der Waals surface area contributed by atoms with Gasteiger partial charge >= 0.3 is 0 Å². The molecule has 0 spiro atoms. The first kappa shape index (κ1) is 12.8. The van der Waals surface area contributed by atoms with Crippen molar-refractivity contribution in [2.75, 3.05) is 32.8 Å². The maximum atomic E-state index is 9.60. The molecule has 1 atom stereocenters. The van der Waals surface area contributed by atoms with E-state index >= 15 is 0 Å². The topological polar surface area (TPSA) is 35.5 Å². The van der Waals surface area contributed by atoms with Crippen molar-refractivity contribution in [2.45, 2.75) is 13.0 Å². The summed E-state index contributed by atoms with van der Waals surface area (Å²) >= 11 is 6.03. The second kappa shape index (κ2) is 5.83. The minimum atomic E-state index is 0.0908. The van der Waals surface area contributed by atoms with Crippen LogP contribution >= 0.6 is 11.6 Å². The van der Waals surface area contributed by atoms with Crippen LogP contribution < -0.4 is 5.32 Å². The van der Waals surface area contributed by atoms with Gasteiger partial charge in [-0.15, -0.1) is 0 Å². The van der Waals surface area contributed by atoms with E-state index in [1.54, 1.807) is 0 Å². The number of aliphatic hydroxyl groups excluding tert-OH is 1. The number of nitrogens with one attached hydrogen (secondary N) is 1. The third-order valence-corrected chi connectivity index (χ3v) is 3.76. The summed E-state index contributed by atoms with van der Waals surface area (Å²) < 4.78 is 0. The monoisotopic (exact) mass is 254 g/mol. The molecule has 0 bridgehead atoms. The molecule has 1 aromatic carbocycles. The fourth-order valence-corrected chi connectivity index (χ4v) is 2.42. The highest BCUT2D eigenvalue weighted by molar-refractivity contribution is 6.31. The van der Waals surface area contributed by atoms with E-state index in [1.807, 2.05) is 19.1 Å². The number of hydrogen-bond donors (Lipinski definition) is 2. The number of halogens is 1. The van der Waals surface area contributed by atoms with Gasteiger partial charge in [-0.05, 0) is 24.1 Å². The first-order chi connectivity index (χ1) is 8.22. The zero-order valence-corrected chi connectivity index (χ0v) is 10.9. The van der Waals surface area contributed by atoms with E-state index in [9.17, 15) is 5.11 Å². The summed E-state index contributed by atoms with van der Waals surface area (Å²) in [4.78, 5) is 2.32. The van der Waals surface area contributed by atoms with Crippen LogP contribution in [0, 0.1) is 6.92 Å². The summed E-state index contributed by atoms with van der Waals surface area (Å²) in [5, 5.41) is 13.7. The smallest absolute Gasteiger partial charge is 0.0628 e. The molecule has 1 fully saturated rings. The van der Waals surface area contributed by atoms with Crippen molar-refractivity contribution in [3.05, 3.63) is 34.3 Å². The van der Waals surface area contributed by atoms with Gasteiger partial charge in [0.15, 0.2) is 0 Å². The van der Waals surface area contributed by atoms with Gasteiger partial charge in [0.2, 0.25) is 0 Å². The SMILES string of the molecule is Cc1cc([C@@H](CO)N2CCNCC2)ccc1Cl. The van der Waals surface area contributed by atoms with E-state index < -0.39 is 0 Å². The van der Waals surface area contributed by atoms with Crippen molar-refractivity contribution in [1.29, 1.82) is 0 Å². The minimum Gasteiger partial charge on any atom is -0.394 e. The number of aliphatic hydroxyl groups is 1. The lowest BCUT2D eigenvalue weighted by Crippen LogP contribution is -2.46. The van der Waals surface area contributed by atoms with Crippen molar-refractivity contribution in [3.63, 3.8) is 0 Å². The molecular weight excluding hydrogens is 236 g/mol. The Morgan fingerprint density at radius 1 is 1.41 bits per heavy atom. The van der Waals surface area contributed by atoms with Crippen LogP contribution in [0.5, 0.6) is 0 Å². The highest BCUT2D eigenvalue weighted by Gasteiger charge is 2.21. The lowest BCUT2D eigenvalue weighted by molar-refractivity contribution is 0.111. The van der Waals surface area contributed by atoms with Gasteiger partial charge < -0.3 is 10.4 Å². The van der Waals surface area contributed by atoms with E-state index in [-0.39, 0.29) is 12.6 Å². The van der Waals surface area contributed by atoms with Gasteiger partial charge in [-0.2, -0.15) is 0 Å². The van der Waals surface area contributed by atoms with E-state index in [0.717, 1.165) is 42.3 Å². The predicted octanol–water partition coefficient (Wildman–Crippen LogP) is 1.59. The van der Waals surface area contributed by atoms with Crippen LogP contribution in [0.1, 0.15) is 17.2 Å². The molecule has 0 aliphatic carbocycles. The van der Waals surface area contributed by atoms with Gasteiger partial charge in [-0.25, -0.2) is 0 Å². The molecule has 1 aromatic rings. The van der Waals surface area contributed by atoms with Gasteiger partial charge in [-0.3, -0.25) is 4.90 Å². The van der Waals surface area contributed by atoms with Crippen LogP contribution in [0.3, 0.4) is 0 Å². The molecule has 2 rings (SSSR count). The van der Waals surface area contributed by atoms with E-state index in [2.05, 4.69) is 16.3 Å². The van der Waals surface area contributed by atoms with Crippen LogP contribution in [0.4, 0.5) is 0 Å². The molecule has 0 amide bonds. The number of aryl methyl sites for hydroxylation is 1. The summed E-state index contributed by atoms with van der Waals surface area (Å²) in [5.74, 6) is 0. The Morgan fingerprint density at radius 2 is 2.12 bits per heavy atom. The third-order valence-electron chi connectivity index (χ3n) is 3.33. The second-order valence-electron chi connectivity index (χ2n) is 4.49. The van der Waals surface area contributed by atoms with E-state index in [0.29, 0.717) is 0 Å². The Hall–Kier alpha value is -0.610. The fraction of sp³-hybridized carbons (Fsp3) is 0.538. The molecular formula is C13H19ClN2O. The van der Waals surface area contributed by atoms with E-state index in [1.165, 1.54) is 0 Å². The number of rotatable bonds is 3.